The lowest BCUT2D eigenvalue weighted by atomic mass is 10.1. The molecule has 144 valence electrons. The zero-order valence-corrected chi connectivity index (χ0v) is 16.5. The Hall–Kier alpha value is -3.25. The quantitative estimate of drug-likeness (QED) is 0.341. The molecule has 0 bridgehead atoms. The Morgan fingerprint density at radius 3 is 2.79 bits per heavy atom. The van der Waals surface area contributed by atoms with Crippen molar-refractivity contribution in [2.75, 3.05) is 11.9 Å². The molecule has 5 aromatic rings. The average molecular weight is 402 g/mol. The van der Waals surface area contributed by atoms with Gasteiger partial charge in [-0.2, -0.15) is 0 Å². The van der Waals surface area contributed by atoms with E-state index in [-0.39, 0.29) is 5.82 Å². The van der Waals surface area contributed by atoms with Crippen LogP contribution in [0.5, 0.6) is 0 Å². The second kappa shape index (κ2) is 7.64. The zero-order valence-electron chi connectivity index (χ0n) is 15.7. The van der Waals surface area contributed by atoms with Crippen molar-refractivity contribution >= 4 is 38.3 Å². The molecule has 0 atom stereocenters. The van der Waals surface area contributed by atoms with Crippen molar-refractivity contribution in [3.05, 3.63) is 78.5 Å². The number of fused-ring (bicyclic) bond motifs is 2. The lowest BCUT2D eigenvalue weighted by Crippen LogP contribution is -2.04. The Labute approximate surface area is 171 Å². The number of H-pyrrole nitrogens is 1. The lowest BCUT2D eigenvalue weighted by molar-refractivity contribution is 0.628. The zero-order chi connectivity index (χ0) is 19.6. The van der Waals surface area contributed by atoms with Crippen LogP contribution in [0.1, 0.15) is 12.0 Å². The van der Waals surface area contributed by atoms with Gasteiger partial charge in [0.1, 0.15) is 18.0 Å². The van der Waals surface area contributed by atoms with Crippen LogP contribution in [0.3, 0.4) is 0 Å². The Morgan fingerprint density at radius 2 is 1.90 bits per heavy atom. The highest BCUT2D eigenvalue weighted by Crippen LogP contribution is 2.35. The number of halogens is 1. The molecule has 0 amide bonds. The fraction of sp³-hybridized carbons (Fsp3) is 0.130. The maximum absolute atomic E-state index is 13.2. The fourth-order valence-electron chi connectivity index (χ4n) is 3.56. The van der Waals surface area contributed by atoms with Gasteiger partial charge >= 0.3 is 0 Å². The molecular formula is C23H19FN4S. The fourth-order valence-corrected chi connectivity index (χ4v) is 4.64. The van der Waals surface area contributed by atoms with E-state index in [0.29, 0.717) is 0 Å². The highest BCUT2D eigenvalue weighted by Gasteiger charge is 2.10. The Bertz CT molecular complexity index is 1270. The number of para-hydroxylation sites is 1. The summed E-state index contributed by atoms with van der Waals surface area (Å²) in [5.41, 5.74) is 4.41. The normalized spacial score (nSPS) is 11.3. The first-order valence-electron chi connectivity index (χ1n) is 9.57. The Kier molecular flexibility index (Phi) is 4.69. The van der Waals surface area contributed by atoms with Crippen molar-refractivity contribution in [2.45, 2.75) is 12.8 Å². The summed E-state index contributed by atoms with van der Waals surface area (Å²) in [7, 11) is 0. The summed E-state index contributed by atoms with van der Waals surface area (Å²) < 4.78 is 14.2. The number of aromatic amines is 1. The van der Waals surface area contributed by atoms with E-state index in [1.165, 1.54) is 28.6 Å². The molecule has 29 heavy (non-hydrogen) atoms. The molecule has 0 unspecified atom stereocenters. The number of hydrogen-bond donors (Lipinski definition) is 2. The minimum absolute atomic E-state index is 0.229. The molecule has 6 heteroatoms. The van der Waals surface area contributed by atoms with Crippen LogP contribution < -0.4 is 5.32 Å². The summed E-state index contributed by atoms with van der Waals surface area (Å²) in [4.78, 5) is 13.2. The first-order valence-corrected chi connectivity index (χ1v) is 10.4. The summed E-state index contributed by atoms with van der Waals surface area (Å²) in [6, 6.07) is 17.0. The number of nitrogens with one attached hydrogen (secondary N) is 2. The van der Waals surface area contributed by atoms with E-state index >= 15 is 0 Å². The summed E-state index contributed by atoms with van der Waals surface area (Å²) in [5.74, 6) is 0.625. The molecule has 3 heterocycles. The van der Waals surface area contributed by atoms with Crippen LogP contribution >= 0.6 is 11.3 Å². The predicted molar refractivity (Wildman–Crippen MR) is 118 cm³/mol. The SMILES string of the molecule is Fc1ccc(-c2cc3ncnc(NCCCc4c[nH]c5ccccc45)c3s2)cc1. The van der Waals surface area contributed by atoms with E-state index < -0.39 is 0 Å². The van der Waals surface area contributed by atoms with E-state index in [9.17, 15) is 4.39 Å². The first kappa shape index (κ1) is 17.8. The summed E-state index contributed by atoms with van der Waals surface area (Å²) in [5, 5.41) is 4.75. The molecular weight excluding hydrogens is 383 g/mol. The Balaban J connectivity index is 1.29. The van der Waals surface area contributed by atoms with Crippen LogP contribution in [0, 0.1) is 5.82 Å². The highest BCUT2D eigenvalue weighted by molar-refractivity contribution is 7.22. The van der Waals surface area contributed by atoms with Gasteiger partial charge in [0.25, 0.3) is 0 Å². The number of hydrogen-bond acceptors (Lipinski definition) is 4. The molecule has 5 rings (SSSR count). The standard InChI is InChI=1S/C23H19FN4S/c24-17-9-7-15(8-10-17)21-12-20-22(29-21)23(28-14-27-20)25-11-3-4-16-13-26-19-6-2-1-5-18(16)19/h1-2,5-10,12-14,26H,3-4,11H2,(H,25,27,28). The molecule has 0 fully saturated rings. The topological polar surface area (TPSA) is 53.6 Å². The van der Waals surface area contributed by atoms with E-state index in [4.69, 9.17) is 0 Å². The van der Waals surface area contributed by atoms with Gasteiger partial charge in [-0.1, -0.05) is 30.3 Å². The van der Waals surface area contributed by atoms with Gasteiger partial charge in [-0.05, 0) is 48.2 Å². The van der Waals surface area contributed by atoms with Gasteiger partial charge in [-0.25, -0.2) is 14.4 Å². The van der Waals surface area contributed by atoms with Crippen molar-refractivity contribution in [3.63, 3.8) is 0 Å². The molecule has 2 aromatic carbocycles. The van der Waals surface area contributed by atoms with E-state index in [2.05, 4.69) is 44.7 Å². The summed E-state index contributed by atoms with van der Waals surface area (Å²) >= 11 is 1.63. The maximum atomic E-state index is 13.2. The van der Waals surface area contributed by atoms with Gasteiger partial charge in [0.05, 0.1) is 10.2 Å². The molecule has 0 aliphatic carbocycles. The largest absolute Gasteiger partial charge is 0.369 e. The van der Waals surface area contributed by atoms with Gasteiger partial charge in [0.15, 0.2) is 0 Å². The van der Waals surface area contributed by atoms with Crippen LogP contribution in [0.15, 0.2) is 67.1 Å². The average Bonchev–Trinajstić information content (AvgIpc) is 3.36. The van der Waals surface area contributed by atoms with Crippen molar-refractivity contribution < 1.29 is 4.39 Å². The highest BCUT2D eigenvalue weighted by atomic mass is 32.1. The molecule has 0 saturated heterocycles. The van der Waals surface area contributed by atoms with Crippen LogP contribution in [-0.4, -0.2) is 21.5 Å². The molecule has 0 saturated carbocycles. The molecule has 4 nitrogen and oxygen atoms in total. The molecule has 0 aliphatic heterocycles. The number of aromatic nitrogens is 3. The van der Waals surface area contributed by atoms with E-state index in [1.54, 1.807) is 29.8 Å². The molecule has 0 radical (unpaired) electrons. The molecule has 0 spiro atoms. The van der Waals surface area contributed by atoms with Crippen LogP contribution in [0.4, 0.5) is 10.2 Å². The second-order valence-electron chi connectivity index (χ2n) is 6.94. The first-order chi connectivity index (χ1) is 14.3. The van der Waals surface area contributed by atoms with Gasteiger partial charge < -0.3 is 10.3 Å². The van der Waals surface area contributed by atoms with Crippen molar-refractivity contribution in [2.24, 2.45) is 0 Å². The number of nitrogens with zero attached hydrogens (tertiary/aromatic N) is 2. The number of anilines is 1. The van der Waals surface area contributed by atoms with Crippen molar-refractivity contribution in [3.8, 4) is 10.4 Å². The molecule has 3 aromatic heterocycles. The second-order valence-corrected chi connectivity index (χ2v) is 8.00. The van der Waals surface area contributed by atoms with Gasteiger partial charge in [-0.3, -0.25) is 0 Å². The number of rotatable bonds is 6. The van der Waals surface area contributed by atoms with E-state index in [0.717, 1.165) is 45.9 Å². The minimum atomic E-state index is -0.229. The smallest absolute Gasteiger partial charge is 0.147 e. The van der Waals surface area contributed by atoms with Crippen molar-refractivity contribution in [1.82, 2.24) is 15.0 Å². The minimum Gasteiger partial charge on any atom is -0.369 e. The van der Waals surface area contributed by atoms with Crippen LogP contribution in [0.2, 0.25) is 0 Å². The molecule has 2 N–H and O–H groups in total. The third-order valence-electron chi connectivity index (χ3n) is 5.03. The monoisotopic (exact) mass is 402 g/mol. The van der Waals surface area contributed by atoms with Crippen LogP contribution in [0.25, 0.3) is 31.6 Å². The lowest BCUT2D eigenvalue weighted by Gasteiger charge is -2.06. The third kappa shape index (κ3) is 3.59. The summed E-state index contributed by atoms with van der Waals surface area (Å²) in [6.45, 7) is 0.829. The molecule has 0 aliphatic rings. The number of aryl methyl sites for hydroxylation is 1. The Morgan fingerprint density at radius 1 is 1.03 bits per heavy atom. The number of benzene rings is 2. The van der Waals surface area contributed by atoms with Gasteiger partial charge in [0.2, 0.25) is 0 Å². The van der Waals surface area contributed by atoms with Crippen molar-refractivity contribution in [1.29, 1.82) is 0 Å². The van der Waals surface area contributed by atoms with E-state index in [1.807, 2.05) is 12.1 Å². The number of thiophene rings is 1. The summed E-state index contributed by atoms with van der Waals surface area (Å²) in [6.07, 6.45) is 5.69. The van der Waals surface area contributed by atoms with Crippen LogP contribution in [-0.2, 0) is 6.42 Å². The van der Waals surface area contributed by atoms with Gasteiger partial charge in [-0.15, -0.1) is 11.3 Å². The predicted octanol–water partition coefficient (Wildman–Crippen LogP) is 6.02. The third-order valence-corrected chi connectivity index (χ3v) is 6.21. The maximum Gasteiger partial charge on any atom is 0.147 e. The van der Waals surface area contributed by atoms with Gasteiger partial charge in [0, 0.05) is 28.5 Å².